The van der Waals surface area contributed by atoms with Crippen LogP contribution in [0.15, 0.2) is 0 Å². The molecule has 0 radical (unpaired) electrons. The Balaban J connectivity index is 2.11. The highest BCUT2D eigenvalue weighted by molar-refractivity contribution is 4.86. The summed E-state index contributed by atoms with van der Waals surface area (Å²) in [5.74, 6) is 1.87. The molecular weight excluding hydrogens is 100 g/mol. The first-order chi connectivity index (χ1) is 3.86. The Hall–Kier alpha value is -0.0400. The van der Waals surface area contributed by atoms with Crippen molar-refractivity contribution in [2.75, 3.05) is 6.61 Å². The summed E-state index contributed by atoms with van der Waals surface area (Å²) in [6, 6.07) is 0. The summed E-state index contributed by atoms with van der Waals surface area (Å²) < 4.78 is 5.42. The lowest BCUT2D eigenvalue weighted by atomic mass is 9.99. The second-order valence-corrected chi connectivity index (χ2v) is 3.16. The van der Waals surface area contributed by atoms with Crippen molar-refractivity contribution in [2.45, 2.75) is 25.9 Å². The van der Waals surface area contributed by atoms with Crippen LogP contribution in [0.25, 0.3) is 0 Å². The summed E-state index contributed by atoms with van der Waals surface area (Å²) >= 11 is 0. The molecule has 0 aromatic heterocycles. The average Bonchev–Trinajstić information content (AvgIpc) is 2.23. The predicted octanol–water partition coefficient (Wildman–Crippen LogP) is 1.43. The molecule has 0 amide bonds. The number of rotatable bonds is 0. The molecule has 2 unspecified atom stereocenters. The molecule has 1 heteroatoms. The van der Waals surface area contributed by atoms with Crippen LogP contribution in [-0.4, -0.2) is 12.7 Å². The van der Waals surface area contributed by atoms with Gasteiger partial charge in [0.1, 0.15) is 0 Å². The molecule has 2 aliphatic rings. The Kier molecular flexibility index (Phi) is 0.884. The number of hydrogen-bond acceptors (Lipinski definition) is 1. The lowest BCUT2D eigenvalue weighted by molar-refractivity contribution is 0.0568. The molecule has 1 heterocycles. The Morgan fingerprint density at radius 3 is 2.50 bits per heavy atom. The van der Waals surface area contributed by atoms with Crippen molar-refractivity contribution in [1.29, 1.82) is 0 Å². The van der Waals surface area contributed by atoms with Crippen LogP contribution in [0.1, 0.15) is 19.8 Å². The predicted molar refractivity (Wildman–Crippen MR) is 31.6 cm³/mol. The maximum atomic E-state index is 5.42. The zero-order chi connectivity index (χ0) is 5.56. The zero-order valence-corrected chi connectivity index (χ0v) is 5.26. The van der Waals surface area contributed by atoms with E-state index in [0.29, 0.717) is 6.10 Å². The fourth-order valence-electron chi connectivity index (χ4n) is 1.90. The van der Waals surface area contributed by atoms with Gasteiger partial charge in [0.15, 0.2) is 0 Å². The number of hydrogen-bond donors (Lipinski definition) is 0. The quantitative estimate of drug-likeness (QED) is 0.460. The Labute approximate surface area is 50.0 Å². The molecule has 1 aliphatic heterocycles. The summed E-state index contributed by atoms with van der Waals surface area (Å²) in [7, 11) is 0. The normalized spacial score (nSPS) is 52.9. The fourth-order valence-corrected chi connectivity index (χ4v) is 1.90. The molecule has 46 valence electrons. The van der Waals surface area contributed by atoms with E-state index in [1.807, 2.05) is 0 Å². The van der Waals surface area contributed by atoms with Gasteiger partial charge >= 0.3 is 0 Å². The Bertz CT molecular complexity index is 98.6. The Morgan fingerprint density at radius 1 is 1.38 bits per heavy atom. The largest absolute Gasteiger partial charge is 0.378 e. The van der Waals surface area contributed by atoms with E-state index < -0.39 is 0 Å². The first-order valence-corrected chi connectivity index (χ1v) is 3.48. The first-order valence-electron chi connectivity index (χ1n) is 3.48. The molecule has 1 nitrogen and oxygen atoms in total. The van der Waals surface area contributed by atoms with E-state index in [1.165, 1.54) is 12.8 Å². The number of ether oxygens (including phenoxy) is 1. The molecule has 2 bridgehead atoms. The summed E-state index contributed by atoms with van der Waals surface area (Å²) in [5.41, 5.74) is 0. The molecule has 0 aromatic carbocycles. The second-order valence-electron chi connectivity index (χ2n) is 3.16. The third-order valence-corrected chi connectivity index (χ3v) is 2.55. The maximum absolute atomic E-state index is 5.42. The molecule has 2 fully saturated rings. The first kappa shape index (κ1) is 4.80. The zero-order valence-electron chi connectivity index (χ0n) is 5.26. The molecule has 0 aromatic rings. The Morgan fingerprint density at radius 2 is 2.25 bits per heavy atom. The summed E-state index contributed by atoms with van der Waals surface area (Å²) in [5, 5.41) is 0. The van der Waals surface area contributed by atoms with Gasteiger partial charge in [-0.1, -0.05) is 6.92 Å². The number of fused-ring (bicyclic) bond motifs is 2. The topological polar surface area (TPSA) is 9.23 Å². The highest BCUT2D eigenvalue weighted by atomic mass is 16.5. The summed E-state index contributed by atoms with van der Waals surface area (Å²) in [4.78, 5) is 0. The van der Waals surface area contributed by atoms with Gasteiger partial charge in [-0.05, 0) is 24.7 Å². The molecule has 0 N–H and O–H groups in total. The smallest absolute Gasteiger partial charge is 0.0581 e. The van der Waals surface area contributed by atoms with Crippen LogP contribution in [0.2, 0.25) is 0 Å². The highest BCUT2D eigenvalue weighted by Gasteiger charge is 2.37. The summed E-state index contributed by atoms with van der Waals surface area (Å²) in [6.07, 6.45) is 3.32. The molecule has 1 aliphatic carbocycles. The van der Waals surface area contributed by atoms with Gasteiger partial charge in [-0.3, -0.25) is 0 Å². The fraction of sp³-hybridized carbons (Fsp3) is 1.00. The minimum absolute atomic E-state index is 0.648. The minimum atomic E-state index is 0.648. The maximum Gasteiger partial charge on any atom is 0.0581 e. The molecular formula is C7H12O. The highest BCUT2D eigenvalue weighted by Crippen LogP contribution is 2.39. The van der Waals surface area contributed by atoms with Crippen LogP contribution in [-0.2, 0) is 4.74 Å². The van der Waals surface area contributed by atoms with Crippen molar-refractivity contribution in [3.05, 3.63) is 0 Å². The van der Waals surface area contributed by atoms with Crippen molar-refractivity contribution in [3.63, 3.8) is 0 Å². The minimum Gasteiger partial charge on any atom is -0.378 e. The van der Waals surface area contributed by atoms with Gasteiger partial charge in [-0.25, -0.2) is 0 Å². The molecule has 3 atom stereocenters. The van der Waals surface area contributed by atoms with Crippen molar-refractivity contribution in [2.24, 2.45) is 11.8 Å². The second kappa shape index (κ2) is 1.47. The van der Waals surface area contributed by atoms with Gasteiger partial charge < -0.3 is 4.74 Å². The molecule has 8 heavy (non-hydrogen) atoms. The SMILES string of the molecule is C[C@@H]1CC2CC1CO2. The van der Waals surface area contributed by atoms with Crippen LogP contribution < -0.4 is 0 Å². The van der Waals surface area contributed by atoms with Gasteiger partial charge in [0.05, 0.1) is 12.7 Å². The molecule has 1 saturated carbocycles. The van der Waals surface area contributed by atoms with E-state index in [1.54, 1.807) is 0 Å². The van der Waals surface area contributed by atoms with E-state index in [-0.39, 0.29) is 0 Å². The molecule has 1 saturated heterocycles. The van der Waals surface area contributed by atoms with E-state index in [0.717, 1.165) is 18.4 Å². The van der Waals surface area contributed by atoms with Gasteiger partial charge in [0, 0.05) is 0 Å². The van der Waals surface area contributed by atoms with E-state index in [2.05, 4.69) is 6.92 Å². The third-order valence-electron chi connectivity index (χ3n) is 2.55. The van der Waals surface area contributed by atoms with E-state index >= 15 is 0 Å². The van der Waals surface area contributed by atoms with Crippen LogP contribution in [0, 0.1) is 11.8 Å². The van der Waals surface area contributed by atoms with Crippen LogP contribution in [0.3, 0.4) is 0 Å². The van der Waals surface area contributed by atoms with Gasteiger partial charge in [-0.15, -0.1) is 0 Å². The van der Waals surface area contributed by atoms with Crippen LogP contribution in [0.4, 0.5) is 0 Å². The van der Waals surface area contributed by atoms with Gasteiger partial charge in [0.2, 0.25) is 0 Å². The third kappa shape index (κ3) is 0.510. The van der Waals surface area contributed by atoms with Crippen LogP contribution >= 0.6 is 0 Å². The van der Waals surface area contributed by atoms with E-state index in [9.17, 15) is 0 Å². The molecule has 2 rings (SSSR count). The van der Waals surface area contributed by atoms with Crippen molar-refractivity contribution in [1.82, 2.24) is 0 Å². The lowest BCUT2D eigenvalue weighted by Crippen LogP contribution is -2.14. The van der Waals surface area contributed by atoms with Crippen molar-refractivity contribution in [3.8, 4) is 0 Å². The molecule has 0 spiro atoms. The van der Waals surface area contributed by atoms with Crippen molar-refractivity contribution >= 4 is 0 Å². The lowest BCUT2D eigenvalue weighted by Gasteiger charge is -2.16. The van der Waals surface area contributed by atoms with Crippen LogP contribution in [0.5, 0.6) is 0 Å². The average molecular weight is 112 g/mol. The van der Waals surface area contributed by atoms with Crippen molar-refractivity contribution < 1.29 is 4.74 Å². The van der Waals surface area contributed by atoms with Gasteiger partial charge in [-0.2, -0.15) is 0 Å². The van der Waals surface area contributed by atoms with Gasteiger partial charge in [0.25, 0.3) is 0 Å². The monoisotopic (exact) mass is 112 g/mol. The summed E-state index contributed by atoms with van der Waals surface area (Å²) in [6.45, 7) is 3.39. The standard InChI is InChI=1S/C7H12O/c1-5-2-7-3-6(5)4-8-7/h5-7H,2-4H2,1H3/t5-,6?,7?/m1/s1. The van der Waals surface area contributed by atoms with E-state index in [4.69, 9.17) is 4.74 Å².